The molecule has 0 saturated carbocycles. The molecule has 3 nitrogen and oxygen atoms in total. The first kappa shape index (κ1) is 11.9. The Morgan fingerprint density at radius 1 is 1.06 bits per heavy atom. The maximum Gasteiger partial charge on any atom is 0.0922 e. The van der Waals surface area contributed by atoms with Gasteiger partial charge in [0.15, 0.2) is 0 Å². The maximum absolute atomic E-state index is 4.00. The third-order valence-electron chi connectivity index (χ3n) is 3.14. The molecule has 2 N–H and O–H groups in total. The molecule has 3 heteroatoms. The molecule has 0 fully saturated rings. The highest BCUT2D eigenvalue weighted by atomic mass is 14.9. The topological polar surface area (TPSA) is 40.7 Å². The van der Waals surface area contributed by atoms with Crippen molar-refractivity contribution in [1.29, 1.82) is 0 Å². The lowest BCUT2D eigenvalue weighted by Gasteiger charge is -2.10. The molecule has 0 aliphatic heterocycles. The second-order valence-corrected chi connectivity index (χ2v) is 4.54. The Balaban J connectivity index is 1.97. The summed E-state index contributed by atoms with van der Waals surface area (Å²) in [5.41, 5.74) is 6.55. The Kier molecular flexibility index (Phi) is 3.59. The molecule has 0 saturated heterocycles. The Labute approximate surface area is 102 Å². The molecule has 17 heavy (non-hydrogen) atoms. The summed E-state index contributed by atoms with van der Waals surface area (Å²) in [6.07, 6.45) is 3.55. The molecule has 1 aromatic carbocycles. The highest BCUT2D eigenvalue weighted by Gasteiger charge is 2.02. The van der Waals surface area contributed by atoms with Crippen molar-refractivity contribution in [3.63, 3.8) is 0 Å². The minimum absolute atomic E-state index is 0.826. The minimum atomic E-state index is 0.826. The molecule has 2 rings (SSSR count). The number of benzene rings is 1. The smallest absolute Gasteiger partial charge is 0.0922 e. The van der Waals surface area contributed by atoms with Gasteiger partial charge in [0.05, 0.1) is 6.33 Å². The molecule has 0 atom stereocenters. The van der Waals surface area contributed by atoms with E-state index in [0.717, 1.165) is 18.8 Å². The van der Waals surface area contributed by atoms with Crippen LogP contribution in [0.25, 0.3) is 0 Å². The van der Waals surface area contributed by atoms with E-state index in [-0.39, 0.29) is 0 Å². The van der Waals surface area contributed by atoms with Crippen molar-refractivity contribution in [3.05, 3.63) is 52.6 Å². The van der Waals surface area contributed by atoms with E-state index in [1.165, 1.54) is 22.3 Å². The van der Waals surface area contributed by atoms with Crippen LogP contribution >= 0.6 is 0 Å². The molecule has 0 aliphatic rings. The molecule has 0 radical (unpaired) electrons. The summed E-state index contributed by atoms with van der Waals surface area (Å²) in [6, 6.07) is 4.52. The number of nitrogens with one attached hydrogen (secondary N) is 2. The molecule has 0 spiro atoms. The van der Waals surface area contributed by atoms with Gasteiger partial charge >= 0.3 is 0 Å². The lowest BCUT2D eigenvalue weighted by atomic mass is 10.0. The van der Waals surface area contributed by atoms with Crippen molar-refractivity contribution in [1.82, 2.24) is 15.3 Å². The number of hydrogen-bond acceptors (Lipinski definition) is 2. The van der Waals surface area contributed by atoms with Crippen LogP contribution in [-0.4, -0.2) is 9.97 Å². The molecule has 0 amide bonds. The average molecular weight is 229 g/mol. The summed E-state index contributed by atoms with van der Waals surface area (Å²) < 4.78 is 0. The number of aryl methyl sites for hydroxylation is 3. The van der Waals surface area contributed by atoms with Crippen molar-refractivity contribution in [2.75, 3.05) is 0 Å². The van der Waals surface area contributed by atoms with Crippen LogP contribution in [0.1, 0.15) is 27.9 Å². The Morgan fingerprint density at radius 2 is 1.82 bits per heavy atom. The fourth-order valence-electron chi connectivity index (χ4n) is 1.92. The molecule has 1 aromatic heterocycles. The standard InChI is InChI=1S/C14H19N3/c1-10-4-12(3)13(5-11(10)2)6-15-7-14-8-16-9-17-14/h4-5,8-9,15H,6-7H2,1-3H3,(H,16,17). The van der Waals surface area contributed by atoms with Crippen molar-refractivity contribution in [3.8, 4) is 0 Å². The van der Waals surface area contributed by atoms with E-state index < -0.39 is 0 Å². The number of H-pyrrole nitrogens is 1. The zero-order valence-electron chi connectivity index (χ0n) is 10.7. The van der Waals surface area contributed by atoms with Gasteiger partial charge in [-0.05, 0) is 43.0 Å². The van der Waals surface area contributed by atoms with E-state index >= 15 is 0 Å². The summed E-state index contributed by atoms with van der Waals surface area (Å²) in [7, 11) is 0. The predicted octanol–water partition coefficient (Wildman–Crippen LogP) is 2.62. The third kappa shape index (κ3) is 2.94. The molecule has 0 unspecified atom stereocenters. The second kappa shape index (κ2) is 5.15. The van der Waals surface area contributed by atoms with Crippen molar-refractivity contribution >= 4 is 0 Å². The zero-order chi connectivity index (χ0) is 12.3. The van der Waals surface area contributed by atoms with Crippen LogP contribution in [0.3, 0.4) is 0 Å². The van der Waals surface area contributed by atoms with Crippen LogP contribution in [0.15, 0.2) is 24.7 Å². The number of rotatable bonds is 4. The van der Waals surface area contributed by atoms with Gasteiger partial charge in [-0.15, -0.1) is 0 Å². The van der Waals surface area contributed by atoms with E-state index in [9.17, 15) is 0 Å². The van der Waals surface area contributed by atoms with Crippen molar-refractivity contribution in [2.45, 2.75) is 33.9 Å². The van der Waals surface area contributed by atoms with E-state index in [1.807, 2.05) is 6.20 Å². The van der Waals surface area contributed by atoms with Crippen molar-refractivity contribution in [2.24, 2.45) is 0 Å². The summed E-state index contributed by atoms with van der Waals surface area (Å²) >= 11 is 0. The maximum atomic E-state index is 4.00. The van der Waals surface area contributed by atoms with Gasteiger partial charge in [0, 0.05) is 25.0 Å². The monoisotopic (exact) mass is 229 g/mol. The lowest BCUT2D eigenvalue weighted by molar-refractivity contribution is 0.679. The molecule has 90 valence electrons. The van der Waals surface area contributed by atoms with Crippen LogP contribution in [0.2, 0.25) is 0 Å². The van der Waals surface area contributed by atoms with Gasteiger partial charge in [0.1, 0.15) is 0 Å². The van der Waals surface area contributed by atoms with Gasteiger partial charge in [-0.25, -0.2) is 4.98 Å². The first-order valence-corrected chi connectivity index (χ1v) is 5.91. The number of nitrogens with zero attached hydrogens (tertiary/aromatic N) is 1. The quantitative estimate of drug-likeness (QED) is 0.846. The van der Waals surface area contributed by atoms with Gasteiger partial charge < -0.3 is 10.3 Å². The normalized spacial score (nSPS) is 10.8. The molecular weight excluding hydrogens is 210 g/mol. The van der Waals surface area contributed by atoms with E-state index in [2.05, 4.69) is 48.2 Å². The van der Waals surface area contributed by atoms with Gasteiger partial charge in [0.25, 0.3) is 0 Å². The average Bonchev–Trinajstić information content (AvgIpc) is 2.78. The molecule has 0 bridgehead atoms. The summed E-state index contributed by atoms with van der Waals surface area (Å²) in [4.78, 5) is 7.08. The second-order valence-electron chi connectivity index (χ2n) is 4.54. The van der Waals surface area contributed by atoms with Gasteiger partial charge in [0.2, 0.25) is 0 Å². The lowest BCUT2D eigenvalue weighted by Crippen LogP contribution is -2.14. The van der Waals surface area contributed by atoms with Crippen LogP contribution in [0.5, 0.6) is 0 Å². The first-order chi connectivity index (χ1) is 8.16. The van der Waals surface area contributed by atoms with E-state index in [4.69, 9.17) is 0 Å². The highest BCUT2D eigenvalue weighted by molar-refractivity contribution is 5.36. The molecule has 0 aliphatic carbocycles. The molecule has 1 heterocycles. The fraction of sp³-hybridized carbons (Fsp3) is 0.357. The van der Waals surface area contributed by atoms with Crippen LogP contribution in [-0.2, 0) is 13.1 Å². The highest BCUT2D eigenvalue weighted by Crippen LogP contribution is 2.15. The summed E-state index contributed by atoms with van der Waals surface area (Å²) in [5, 5.41) is 3.42. The minimum Gasteiger partial charge on any atom is -0.347 e. The zero-order valence-corrected chi connectivity index (χ0v) is 10.7. The number of aromatic nitrogens is 2. The first-order valence-electron chi connectivity index (χ1n) is 5.91. The SMILES string of the molecule is Cc1cc(C)c(CNCc2cnc[nH]2)cc1C. The number of hydrogen-bond donors (Lipinski definition) is 2. The van der Waals surface area contributed by atoms with Crippen molar-refractivity contribution < 1.29 is 0 Å². The fourth-order valence-corrected chi connectivity index (χ4v) is 1.92. The summed E-state index contributed by atoms with van der Waals surface area (Å²) in [6.45, 7) is 8.20. The van der Waals surface area contributed by atoms with Crippen LogP contribution < -0.4 is 5.32 Å². The van der Waals surface area contributed by atoms with Gasteiger partial charge in [-0.2, -0.15) is 0 Å². The Hall–Kier alpha value is -1.61. The van der Waals surface area contributed by atoms with E-state index in [1.54, 1.807) is 6.33 Å². The van der Waals surface area contributed by atoms with Gasteiger partial charge in [-0.1, -0.05) is 12.1 Å². The third-order valence-corrected chi connectivity index (χ3v) is 3.14. The van der Waals surface area contributed by atoms with E-state index in [0.29, 0.717) is 0 Å². The Morgan fingerprint density at radius 3 is 2.53 bits per heavy atom. The number of aromatic amines is 1. The molecule has 2 aromatic rings. The van der Waals surface area contributed by atoms with Gasteiger partial charge in [-0.3, -0.25) is 0 Å². The Bertz CT molecular complexity index is 486. The largest absolute Gasteiger partial charge is 0.347 e. The van der Waals surface area contributed by atoms with Crippen LogP contribution in [0.4, 0.5) is 0 Å². The molecular formula is C14H19N3. The number of imidazole rings is 1. The summed E-state index contributed by atoms with van der Waals surface area (Å²) in [5.74, 6) is 0. The van der Waals surface area contributed by atoms with Crippen LogP contribution in [0, 0.1) is 20.8 Å². The predicted molar refractivity (Wildman–Crippen MR) is 69.8 cm³/mol.